The van der Waals surface area contributed by atoms with E-state index >= 15 is 0 Å². The lowest BCUT2D eigenvalue weighted by Gasteiger charge is -2.14. The lowest BCUT2D eigenvalue weighted by atomic mass is 10.1. The van der Waals surface area contributed by atoms with Crippen LogP contribution < -0.4 is 15.4 Å². The molecule has 0 aromatic heterocycles. The molecule has 0 heterocycles. The number of rotatable bonds is 8. The van der Waals surface area contributed by atoms with Crippen LogP contribution in [0.5, 0.6) is 5.75 Å². The predicted molar refractivity (Wildman–Crippen MR) is 109 cm³/mol. The van der Waals surface area contributed by atoms with Gasteiger partial charge in [0, 0.05) is 11.9 Å². The highest BCUT2D eigenvalue weighted by Gasteiger charge is 2.14. The normalized spacial score (nSPS) is 11.7. The molecule has 0 radical (unpaired) electrons. The fraction of sp³-hybridized carbons (Fsp3) is 0.227. The summed E-state index contributed by atoms with van der Waals surface area (Å²) in [5.41, 5.74) is 1.87. The molecule has 7 nitrogen and oxygen atoms in total. The maximum Gasteiger partial charge on any atom is 0.338 e. The molecule has 29 heavy (non-hydrogen) atoms. The molecule has 1 amide bonds. The van der Waals surface area contributed by atoms with Gasteiger partial charge in [-0.15, -0.1) is 0 Å². The number of esters is 1. The molecule has 2 aromatic carbocycles. The third-order valence-corrected chi connectivity index (χ3v) is 4.11. The number of carbonyl (C=O) groups excluding carboxylic acids is 2. The van der Waals surface area contributed by atoms with Gasteiger partial charge in [-0.25, -0.2) is 4.79 Å². The molecule has 1 atom stereocenters. The molecular weight excluding hydrogens is 370 g/mol. The van der Waals surface area contributed by atoms with E-state index in [1.165, 1.54) is 6.20 Å². The number of hydrogen-bond acceptors (Lipinski definition) is 6. The van der Waals surface area contributed by atoms with Crippen molar-refractivity contribution in [3.63, 3.8) is 0 Å². The third kappa shape index (κ3) is 6.11. The Bertz CT molecular complexity index is 913. The zero-order chi connectivity index (χ0) is 21.2. The van der Waals surface area contributed by atoms with Crippen molar-refractivity contribution in [3.8, 4) is 11.8 Å². The molecule has 7 heteroatoms. The Labute approximate surface area is 169 Å². The number of anilines is 1. The highest BCUT2D eigenvalue weighted by molar-refractivity contribution is 5.97. The van der Waals surface area contributed by atoms with Crippen molar-refractivity contribution >= 4 is 17.6 Å². The number of nitriles is 1. The van der Waals surface area contributed by atoms with E-state index in [-0.39, 0.29) is 11.6 Å². The maximum atomic E-state index is 12.4. The molecule has 0 spiro atoms. The van der Waals surface area contributed by atoms with Crippen molar-refractivity contribution in [2.24, 2.45) is 0 Å². The van der Waals surface area contributed by atoms with Crippen molar-refractivity contribution < 1.29 is 19.1 Å². The quantitative estimate of drug-likeness (QED) is 0.404. The van der Waals surface area contributed by atoms with Gasteiger partial charge < -0.3 is 20.1 Å². The van der Waals surface area contributed by atoms with E-state index in [9.17, 15) is 14.9 Å². The Kier molecular flexibility index (Phi) is 7.80. The summed E-state index contributed by atoms with van der Waals surface area (Å²) in [6.45, 7) is 3.87. The minimum atomic E-state index is -0.494. The van der Waals surface area contributed by atoms with Crippen LogP contribution in [0.2, 0.25) is 0 Å². The fourth-order valence-corrected chi connectivity index (χ4v) is 2.47. The third-order valence-electron chi connectivity index (χ3n) is 4.11. The summed E-state index contributed by atoms with van der Waals surface area (Å²) in [4.78, 5) is 24.0. The Morgan fingerprint density at radius 3 is 2.34 bits per heavy atom. The smallest absolute Gasteiger partial charge is 0.338 e. The molecule has 0 aliphatic rings. The van der Waals surface area contributed by atoms with E-state index in [1.54, 1.807) is 50.4 Å². The van der Waals surface area contributed by atoms with Crippen molar-refractivity contribution in [2.75, 3.05) is 19.0 Å². The summed E-state index contributed by atoms with van der Waals surface area (Å²) in [6.07, 6.45) is 1.33. The highest BCUT2D eigenvalue weighted by atomic mass is 16.5. The molecule has 0 aliphatic heterocycles. The van der Waals surface area contributed by atoms with Crippen LogP contribution in [0.4, 0.5) is 5.69 Å². The summed E-state index contributed by atoms with van der Waals surface area (Å²) in [5.74, 6) is -0.172. The Hall–Kier alpha value is -3.79. The van der Waals surface area contributed by atoms with Crippen LogP contribution in [-0.4, -0.2) is 25.6 Å². The van der Waals surface area contributed by atoms with Gasteiger partial charge in [0.15, 0.2) is 0 Å². The van der Waals surface area contributed by atoms with Gasteiger partial charge in [-0.2, -0.15) is 5.26 Å². The van der Waals surface area contributed by atoms with Gasteiger partial charge in [-0.1, -0.05) is 12.1 Å². The second kappa shape index (κ2) is 10.5. The predicted octanol–water partition coefficient (Wildman–Crippen LogP) is 3.57. The minimum absolute atomic E-state index is 0.0696. The molecule has 2 N–H and O–H groups in total. The van der Waals surface area contributed by atoms with Gasteiger partial charge in [-0.05, 0) is 55.8 Å². The van der Waals surface area contributed by atoms with Gasteiger partial charge in [0.2, 0.25) is 0 Å². The van der Waals surface area contributed by atoms with Gasteiger partial charge >= 0.3 is 5.97 Å². The second-order valence-electron chi connectivity index (χ2n) is 6.08. The van der Waals surface area contributed by atoms with Gasteiger partial charge in [0.25, 0.3) is 5.91 Å². The average molecular weight is 393 g/mol. The number of amides is 1. The zero-order valence-electron chi connectivity index (χ0n) is 16.6. The first-order valence-corrected chi connectivity index (χ1v) is 9.07. The van der Waals surface area contributed by atoms with E-state index in [0.717, 1.165) is 11.3 Å². The van der Waals surface area contributed by atoms with Crippen LogP contribution in [0.15, 0.2) is 60.3 Å². The fourth-order valence-electron chi connectivity index (χ4n) is 2.47. The van der Waals surface area contributed by atoms with Crippen LogP contribution >= 0.6 is 0 Å². The van der Waals surface area contributed by atoms with Crippen LogP contribution in [-0.2, 0) is 9.53 Å². The Morgan fingerprint density at radius 2 is 1.79 bits per heavy atom. The van der Waals surface area contributed by atoms with Crippen LogP contribution in [0, 0.1) is 11.3 Å². The number of methoxy groups -OCH3 is 1. The lowest BCUT2D eigenvalue weighted by molar-refractivity contribution is -0.117. The van der Waals surface area contributed by atoms with E-state index in [2.05, 4.69) is 10.6 Å². The summed E-state index contributed by atoms with van der Waals surface area (Å²) in [5, 5.41) is 15.0. The Balaban J connectivity index is 2.00. The monoisotopic (exact) mass is 393 g/mol. The first kappa shape index (κ1) is 21.5. The molecule has 0 saturated carbocycles. The molecule has 2 rings (SSSR count). The first-order chi connectivity index (χ1) is 14.0. The number of ether oxygens (including phenoxy) is 2. The summed E-state index contributed by atoms with van der Waals surface area (Å²) in [6, 6.07) is 15.4. The largest absolute Gasteiger partial charge is 0.497 e. The van der Waals surface area contributed by atoms with Gasteiger partial charge in [0.05, 0.1) is 25.3 Å². The topological polar surface area (TPSA) is 100 Å². The van der Waals surface area contributed by atoms with E-state index in [0.29, 0.717) is 17.9 Å². The molecule has 0 fully saturated rings. The summed E-state index contributed by atoms with van der Waals surface area (Å²) < 4.78 is 10.0. The molecule has 1 unspecified atom stereocenters. The standard InChI is InChI=1S/C22H23N3O4/c1-4-29-22(27)17-5-9-19(10-6-17)24-14-18(13-23)21(26)25-15(2)16-7-11-20(28-3)12-8-16/h5-12,14-15,24H,4H2,1-3H3,(H,25,26)/b18-14-. The second-order valence-corrected chi connectivity index (χ2v) is 6.08. The van der Waals surface area contributed by atoms with E-state index in [4.69, 9.17) is 9.47 Å². The van der Waals surface area contributed by atoms with Crippen molar-refractivity contribution in [2.45, 2.75) is 19.9 Å². The van der Waals surface area contributed by atoms with E-state index < -0.39 is 11.9 Å². The van der Waals surface area contributed by atoms with Crippen molar-refractivity contribution in [1.82, 2.24) is 5.32 Å². The van der Waals surface area contributed by atoms with Gasteiger partial charge in [-0.3, -0.25) is 4.79 Å². The SMILES string of the molecule is CCOC(=O)c1ccc(N/C=C(/C#N)C(=O)NC(C)c2ccc(OC)cc2)cc1. The zero-order valence-corrected chi connectivity index (χ0v) is 16.6. The molecular formula is C22H23N3O4. The first-order valence-electron chi connectivity index (χ1n) is 9.07. The molecule has 150 valence electrons. The number of nitrogens with zero attached hydrogens (tertiary/aromatic N) is 1. The number of benzene rings is 2. The number of carbonyl (C=O) groups is 2. The van der Waals surface area contributed by atoms with Gasteiger partial charge in [0.1, 0.15) is 17.4 Å². The van der Waals surface area contributed by atoms with Crippen LogP contribution in [0.3, 0.4) is 0 Å². The van der Waals surface area contributed by atoms with E-state index in [1.807, 2.05) is 25.1 Å². The minimum Gasteiger partial charge on any atom is -0.497 e. The lowest BCUT2D eigenvalue weighted by Crippen LogP contribution is -2.28. The summed E-state index contributed by atoms with van der Waals surface area (Å²) >= 11 is 0. The van der Waals surface area contributed by atoms with Crippen LogP contribution in [0.1, 0.15) is 35.8 Å². The van der Waals surface area contributed by atoms with Crippen LogP contribution in [0.25, 0.3) is 0 Å². The van der Waals surface area contributed by atoms with Crippen molar-refractivity contribution in [3.05, 3.63) is 71.4 Å². The molecule has 2 aromatic rings. The number of hydrogen-bond donors (Lipinski definition) is 2. The number of nitrogens with one attached hydrogen (secondary N) is 2. The molecule has 0 saturated heterocycles. The molecule has 0 bridgehead atoms. The summed E-state index contributed by atoms with van der Waals surface area (Å²) in [7, 11) is 1.58. The molecule has 0 aliphatic carbocycles. The highest BCUT2D eigenvalue weighted by Crippen LogP contribution is 2.18. The maximum absolute atomic E-state index is 12.4. The van der Waals surface area contributed by atoms with Crippen molar-refractivity contribution in [1.29, 1.82) is 5.26 Å². The Morgan fingerprint density at radius 1 is 1.14 bits per heavy atom. The average Bonchev–Trinajstić information content (AvgIpc) is 2.74.